The highest BCUT2D eigenvalue weighted by molar-refractivity contribution is 7.99. The van der Waals surface area contributed by atoms with E-state index in [0.29, 0.717) is 31.5 Å². The fourth-order valence-electron chi connectivity index (χ4n) is 3.57. The molecule has 8 heteroatoms. The van der Waals surface area contributed by atoms with E-state index < -0.39 is 0 Å². The number of aryl methyl sites for hydroxylation is 1. The molecule has 1 N–H and O–H groups in total. The molecule has 3 aromatic rings. The fraction of sp³-hybridized carbons (Fsp3) is 0.348. The van der Waals surface area contributed by atoms with E-state index in [4.69, 9.17) is 4.74 Å². The zero-order valence-corrected chi connectivity index (χ0v) is 18.6. The number of rotatable bonds is 6. The van der Waals surface area contributed by atoms with E-state index in [9.17, 15) is 9.59 Å². The number of nitrogens with zero attached hydrogens (tertiary/aromatic N) is 3. The number of ether oxygens (including phenoxy) is 1. The van der Waals surface area contributed by atoms with Crippen LogP contribution in [0.1, 0.15) is 11.1 Å². The lowest BCUT2D eigenvalue weighted by molar-refractivity contribution is -0.135. The van der Waals surface area contributed by atoms with Crippen LogP contribution in [0, 0.1) is 13.8 Å². The van der Waals surface area contributed by atoms with E-state index in [2.05, 4.69) is 10.3 Å². The van der Waals surface area contributed by atoms with Crippen molar-refractivity contribution in [2.75, 3.05) is 37.4 Å². The molecule has 4 rings (SSSR count). The summed E-state index contributed by atoms with van der Waals surface area (Å²) in [5, 5.41) is 3.65. The molecule has 1 aliphatic rings. The summed E-state index contributed by atoms with van der Waals surface area (Å²) in [6.07, 6.45) is 0. The molecule has 2 heterocycles. The van der Waals surface area contributed by atoms with Gasteiger partial charge in [0.1, 0.15) is 6.54 Å². The normalized spacial score (nSPS) is 14.1. The lowest BCUT2D eigenvalue weighted by Gasteiger charge is -2.27. The molecule has 0 radical (unpaired) electrons. The van der Waals surface area contributed by atoms with Gasteiger partial charge in [-0.2, -0.15) is 0 Å². The number of amides is 2. The summed E-state index contributed by atoms with van der Waals surface area (Å²) < 4.78 is 7.25. The summed E-state index contributed by atoms with van der Waals surface area (Å²) in [6, 6.07) is 13.6. The maximum Gasteiger partial charge on any atom is 0.242 e. The highest BCUT2D eigenvalue weighted by atomic mass is 32.2. The minimum Gasteiger partial charge on any atom is -0.378 e. The molecule has 1 aliphatic heterocycles. The quantitative estimate of drug-likeness (QED) is 0.598. The van der Waals surface area contributed by atoms with Crippen LogP contribution in [0.5, 0.6) is 0 Å². The highest BCUT2D eigenvalue weighted by Crippen LogP contribution is 2.25. The predicted octanol–water partition coefficient (Wildman–Crippen LogP) is 3.24. The van der Waals surface area contributed by atoms with Gasteiger partial charge in [-0.25, -0.2) is 4.98 Å². The molecular weight excluding hydrogens is 412 g/mol. The Kier molecular flexibility index (Phi) is 6.58. The number of para-hydroxylation sites is 2. The molecular formula is C23H26N4O3S. The van der Waals surface area contributed by atoms with E-state index in [1.54, 1.807) is 0 Å². The van der Waals surface area contributed by atoms with Crippen molar-refractivity contribution >= 4 is 40.3 Å². The van der Waals surface area contributed by atoms with Gasteiger partial charge >= 0.3 is 0 Å². The van der Waals surface area contributed by atoms with Crippen molar-refractivity contribution in [2.45, 2.75) is 25.5 Å². The van der Waals surface area contributed by atoms with Crippen LogP contribution in [-0.2, 0) is 20.9 Å². The number of hydrogen-bond acceptors (Lipinski definition) is 5. The molecule has 0 bridgehead atoms. The third-order valence-electron chi connectivity index (χ3n) is 5.49. The Bertz CT molecular complexity index is 1110. The van der Waals surface area contributed by atoms with Crippen LogP contribution in [0.25, 0.3) is 11.0 Å². The number of imidazole rings is 1. The SMILES string of the molecule is Cc1cccc(NC(=O)CSc2nc3ccccc3n2CC(=O)N2CCOCC2)c1C. The van der Waals surface area contributed by atoms with Crippen molar-refractivity contribution in [3.05, 3.63) is 53.6 Å². The minimum atomic E-state index is -0.100. The lowest BCUT2D eigenvalue weighted by Crippen LogP contribution is -2.42. The number of carbonyl (C=O) groups is 2. The Morgan fingerprint density at radius 2 is 1.87 bits per heavy atom. The van der Waals surface area contributed by atoms with Crippen molar-refractivity contribution in [1.29, 1.82) is 0 Å². The number of fused-ring (bicyclic) bond motifs is 1. The van der Waals surface area contributed by atoms with Crippen molar-refractivity contribution in [3.8, 4) is 0 Å². The van der Waals surface area contributed by atoms with Crippen LogP contribution in [-0.4, -0.2) is 58.3 Å². The second kappa shape index (κ2) is 9.53. The molecule has 0 unspecified atom stereocenters. The maximum absolute atomic E-state index is 12.8. The molecule has 1 saturated heterocycles. The summed E-state index contributed by atoms with van der Waals surface area (Å²) in [5.41, 5.74) is 4.72. The van der Waals surface area contributed by atoms with Gasteiger partial charge in [0.15, 0.2) is 5.16 Å². The molecule has 1 fully saturated rings. The fourth-order valence-corrected chi connectivity index (χ4v) is 4.38. The summed E-state index contributed by atoms with van der Waals surface area (Å²) in [7, 11) is 0. The van der Waals surface area contributed by atoms with Gasteiger partial charge in [-0.15, -0.1) is 0 Å². The van der Waals surface area contributed by atoms with Gasteiger partial charge in [-0.05, 0) is 43.2 Å². The number of hydrogen-bond donors (Lipinski definition) is 1. The number of nitrogens with one attached hydrogen (secondary N) is 1. The monoisotopic (exact) mass is 438 g/mol. The minimum absolute atomic E-state index is 0.0353. The van der Waals surface area contributed by atoms with Crippen molar-refractivity contribution < 1.29 is 14.3 Å². The van der Waals surface area contributed by atoms with Crippen LogP contribution in [0.15, 0.2) is 47.6 Å². The number of benzene rings is 2. The first-order valence-corrected chi connectivity index (χ1v) is 11.3. The van der Waals surface area contributed by atoms with E-state index >= 15 is 0 Å². The summed E-state index contributed by atoms with van der Waals surface area (Å²) in [6.45, 7) is 6.55. The molecule has 0 aliphatic carbocycles. The van der Waals surface area contributed by atoms with Gasteiger partial charge in [0.25, 0.3) is 0 Å². The molecule has 162 valence electrons. The second-order valence-corrected chi connectivity index (χ2v) is 8.49. The average Bonchev–Trinajstić information content (AvgIpc) is 3.13. The first-order chi connectivity index (χ1) is 15.0. The standard InChI is InChI=1S/C23H26N4O3S/c1-16-6-5-8-18(17(16)2)24-21(28)15-31-23-25-19-7-3-4-9-20(19)27(23)14-22(29)26-10-12-30-13-11-26/h3-9H,10-15H2,1-2H3,(H,24,28). The number of morpholine rings is 1. The Hall–Kier alpha value is -2.84. The van der Waals surface area contributed by atoms with Crippen LogP contribution in [0.2, 0.25) is 0 Å². The highest BCUT2D eigenvalue weighted by Gasteiger charge is 2.21. The van der Waals surface area contributed by atoms with Crippen LogP contribution < -0.4 is 5.32 Å². The van der Waals surface area contributed by atoms with Gasteiger partial charge in [0, 0.05) is 18.8 Å². The summed E-state index contributed by atoms with van der Waals surface area (Å²) >= 11 is 1.34. The first-order valence-electron chi connectivity index (χ1n) is 10.3. The van der Waals surface area contributed by atoms with Crippen molar-refractivity contribution in [2.24, 2.45) is 0 Å². The Labute approximate surface area is 185 Å². The third-order valence-corrected chi connectivity index (χ3v) is 6.46. The van der Waals surface area contributed by atoms with Crippen LogP contribution >= 0.6 is 11.8 Å². The Morgan fingerprint density at radius 3 is 2.68 bits per heavy atom. The van der Waals surface area contributed by atoms with E-state index in [1.165, 1.54) is 11.8 Å². The topological polar surface area (TPSA) is 76.5 Å². The van der Waals surface area contributed by atoms with Gasteiger partial charge in [0.05, 0.1) is 30.0 Å². The summed E-state index contributed by atoms with van der Waals surface area (Å²) in [5.74, 6) is 0.146. The van der Waals surface area contributed by atoms with Crippen molar-refractivity contribution in [3.63, 3.8) is 0 Å². The molecule has 0 atom stereocenters. The zero-order chi connectivity index (χ0) is 21.8. The van der Waals surface area contributed by atoms with Crippen LogP contribution in [0.3, 0.4) is 0 Å². The average molecular weight is 439 g/mol. The van der Waals surface area contributed by atoms with Gasteiger partial charge in [-0.1, -0.05) is 36.0 Å². The number of anilines is 1. The molecule has 31 heavy (non-hydrogen) atoms. The van der Waals surface area contributed by atoms with Gasteiger partial charge in [-0.3, -0.25) is 9.59 Å². The van der Waals surface area contributed by atoms with Crippen molar-refractivity contribution in [1.82, 2.24) is 14.5 Å². The Balaban J connectivity index is 1.49. The maximum atomic E-state index is 12.8. The largest absolute Gasteiger partial charge is 0.378 e. The first kappa shape index (κ1) is 21.4. The summed E-state index contributed by atoms with van der Waals surface area (Å²) in [4.78, 5) is 31.9. The van der Waals surface area contributed by atoms with E-state index in [0.717, 1.165) is 27.8 Å². The van der Waals surface area contributed by atoms with E-state index in [1.807, 2.05) is 65.8 Å². The molecule has 2 amide bonds. The molecule has 0 saturated carbocycles. The van der Waals surface area contributed by atoms with Gasteiger partial charge < -0.3 is 19.5 Å². The molecule has 2 aromatic carbocycles. The third kappa shape index (κ3) is 4.91. The molecule has 7 nitrogen and oxygen atoms in total. The number of thioether (sulfide) groups is 1. The second-order valence-electron chi connectivity index (χ2n) is 7.55. The predicted molar refractivity (Wildman–Crippen MR) is 122 cm³/mol. The number of carbonyl (C=O) groups excluding carboxylic acids is 2. The smallest absolute Gasteiger partial charge is 0.242 e. The van der Waals surface area contributed by atoms with E-state index in [-0.39, 0.29) is 24.1 Å². The van der Waals surface area contributed by atoms with Crippen LogP contribution in [0.4, 0.5) is 5.69 Å². The number of aromatic nitrogens is 2. The van der Waals surface area contributed by atoms with Gasteiger partial charge in [0.2, 0.25) is 11.8 Å². The molecule has 0 spiro atoms. The molecule has 1 aromatic heterocycles. The zero-order valence-electron chi connectivity index (χ0n) is 17.8. The lowest BCUT2D eigenvalue weighted by atomic mass is 10.1. The Morgan fingerprint density at radius 1 is 1.10 bits per heavy atom.